The first-order valence-corrected chi connectivity index (χ1v) is 7.65. The fourth-order valence-electron chi connectivity index (χ4n) is 2.46. The molecule has 0 amide bonds. The SMILES string of the molecule is CC1CCCC(C)N1Nc1nc(CCC(=O)O)cs1. The Balaban J connectivity index is 1.93. The molecule has 1 aliphatic heterocycles. The largest absolute Gasteiger partial charge is 0.481 e. The number of nitrogens with one attached hydrogen (secondary N) is 1. The summed E-state index contributed by atoms with van der Waals surface area (Å²) in [5.41, 5.74) is 4.24. The van der Waals surface area contributed by atoms with Crippen molar-refractivity contribution in [3.05, 3.63) is 11.1 Å². The van der Waals surface area contributed by atoms with E-state index in [-0.39, 0.29) is 6.42 Å². The molecule has 106 valence electrons. The van der Waals surface area contributed by atoms with Gasteiger partial charge in [0.05, 0.1) is 12.1 Å². The number of hydrogen-bond donors (Lipinski definition) is 2. The Labute approximate surface area is 117 Å². The van der Waals surface area contributed by atoms with Crippen LogP contribution in [-0.4, -0.2) is 33.2 Å². The van der Waals surface area contributed by atoms with Crippen molar-refractivity contribution in [1.82, 2.24) is 9.99 Å². The van der Waals surface area contributed by atoms with E-state index < -0.39 is 5.97 Å². The molecule has 0 aliphatic carbocycles. The molecule has 1 aliphatic rings. The van der Waals surface area contributed by atoms with Gasteiger partial charge in [0.1, 0.15) is 0 Å². The molecule has 0 aromatic carbocycles. The predicted octanol–water partition coefficient (Wildman–Crippen LogP) is 2.75. The number of piperidine rings is 1. The number of hydrogen-bond acceptors (Lipinski definition) is 5. The Morgan fingerprint density at radius 1 is 1.53 bits per heavy atom. The fraction of sp³-hybridized carbons (Fsp3) is 0.692. The molecule has 6 heteroatoms. The maximum Gasteiger partial charge on any atom is 0.303 e. The van der Waals surface area contributed by atoms with Gasteiger partial charge in [0.25, 0.3) is 0 Å². The predicted molar refractivity (Wildman–Crippen MR) is 76.3 cm³/mol. The fourth-order valence-corrected chi connectivity index (χ4v) is 3.21. The van der Waals surface area contributed by atoms with E-state index in [4.69, 9.17) is 5.11 Å². The first-order chi connectivity index (χ1) is 9.06. The minimum atomic E-state index is -0.777. The van der Waals surface area contributed by atoms with E-state index in [9.17, 15) is 4.79 Å². The highest BCUT2D eigenvalue weighted by atomic mass is 32.1. The van der Waals surface area contributed by atoms with E-state index in [0.717, 1.165) is 10.8 Å². The molecular weight excluding hydrogens is 262 g/mol. The Morgan fingerprint density at radius 2 is 2.21 bits per heavy atom. The van der Waals surface area contributed by atoms with Crippen LogP contribution in [0.15, 0.2) is 5.38 Å². The molecule has 2 unspecified atom stereocenters. The topological polar surface area (TPSA) is 65.5 Å². The average Bonchev–Trinajstić information content (AvgIpc) is 2.79. The van der Waals surface area contributed by atoms with Gasteiger partial charge >= 0.3 is 5.97 Å². The maximum atomic E-state index is 10.5. The molecular formula is C13H21N3O2S. The van der Waals surface area contributed by atoms with Crippen LogP contribution in [0.5, 0.6) is 0 Å². The molecule has 2 N–H and O–H groups in total. The van der Waals surface area contributed by atoms with Crippen LogP contribution in [0.4, 0.5) is 5.13 Å². The van der Waals surface area contributed by atoms with Crippen molar-refractivity contribution < 1.29 is 9.90 Å². The molecule has 2 atom stereocenters. The zero-order valence-corrected chi connectivity index (χ0v) is 12.2. The summed E-state index contributed by atoms with van der Waals surface area (Å²) in [7, 11) is 0. The van der Waals surface area contributed by atoms with E-state index in [0.29, 0.717) is 18.5 Å². The van der Waals surface area contributed by atoms with Crippen LogP contribution in [0, 0.1) is 0 Å². The zero-order chi connectivity index (χ0) is 13.8. The summed E-state index contributed by atoms with van der Waals surface area (Å²) in [6.07, 6.45) is 4.32. The molecule has 1 saturated heterocycles. The van der Waals surface area contributed by atoms with Gasteiger partial charge in [-0.25, -0.2) is 9.99 Å². The highest BCUT2D eigenvalue weighted by molar-refractivity contribution is 7.13. The van der Waals surface area contributed by atoms with Gasteiger partial charge in [-0.1, -0.05) is 6.42 Å². The monoisotopic (exact) mass is 283 g/mol. The minimum Gasteiger partial charge on any atom is -0.481 e. The summed E-state index contributed by atoms with van der Waals surface area (Å²) in [5, 5.41) is 13.7. The van der Waals surface area contributed by atoms with Crippen LogP contribution in [0.25, 0.3) is 0 Å². The summed E-state index contributed by atoms with van der Waals surface area (Å²) >= 11 is 1.54. The molecule has 0 spiro atoms. The van der Waals surface area contributed by atoms with Crippen molar-refractivity contribution in [2.75, 3.05) is 5.43 Å². The van der Waals surface area contributed by atoms with Gasteiger partial charge in [0.2, 0.25) is 0 Å². The van der Waals surface area contributed by atoms with Gasteiger partial charge in [-0.2, -0.15) is 0 Å². The molecule has 2 heterocycles. The third-order valence-electron chi connectivity index (χ3n) is 3.57. The number of carboxylic acid groups (broad SMARTS) is 1. The summed E-state index contributed by atoms with van der Waals surface area (Å²) in [4.78, 5) is 15.0. The molecule has 0 radical (unpaired) electrons. The number of hydrazine groups is 1. The lowest BCUT2D eigenvalue weighted by molar-refractivity contribution is -0.136. The third-order valence-corrected chi connectivity index (χ3v) is 4.36. The zero-order valence-electron chi connectivity index (χ0n) is 11.4. The highest BCUT2D eigenvalue weighted by Gasteiger charge is 2.25. The normalized spacial score (nSPS) is 24.3. The lowest BCUT2D eigenvalue weighted by Crippen LogP contribution is -2.47. The van der Waals surface area contributed by atoms with Crippen LogP contribution in [0.3, 0.4) is 0 Å². The number of aliphatic carboxylic acids is 1. The average molecular weight is 283 g/mol. The Morgan fingerprint density at radius 3 is 2.84 bits per heavy atom. The standard InChI is InChI=1S/C13H21N3O2S/c1-9-4-3-5-10(2)16(9)15-13-14-11(8-19-13)6-7-12(17)18/h8-10H,3-7H2,1-2H3,(H,14,15)(H,17,18). The van der Waals surface area contributed by atoms with Crippen LogP contribution in [-0.2, 0) is 11.2 Å². The number of thiazole rings is 1. The van der Waals surface area contributed by atoms with E-state index in [2.05, 4.69) is 29.3 Å². The van der Waals surface area contributed by atoms with Crippen LogP contribution < -0.4 is 5.43 Å². The van der Waals surface area contributed by atoms with Crippen molar-refractivity contribution in [2.24, 2.45) is 0 Å². The lowest BCUT2D eigenvalue weighted by Gasteiger charge is -2.38. The van der Waals surface area contributed by atoms with E-state index >= 15 is 0 Å². The maximum absolute atomic E-state index is 10.5. The molecule has 0 saturated carbocycles. The van der Waals surface area contributed by atoms with Crippen LogP contribution in [0.1, 0.15) is 45.2 Å². The van der Waals surface area contributed by atoms with Crippen molar-refractivity contribution in [2.45, 2.75) is 58.0 Å². The molecule has 19 heavy (non-hydrogen) atoms. The number of aromatic nitrogens is 1. The van der Waals surface area contributed by atoms with Crippen molar-refractivity contribution in [3.63, 3.8) is 0 Å². The molecule has 1 fully saturated rings. The Hall–Kier alpha value is -1.14. The lowest BCUT2D eigenvalue weighted by atomic mass is 10.00. The number of carbonyl (C=O) groups is 1. The van der Waals surface area contributed by atoms with E-state index in [1.165, 1.54) is 19.3 Å². The Kier molecular flexibility index (Phi) is 4.76. The van der Waals surface area contributed by atoms with Gasteiger partial charge in [-0.3, -0.25) is 10.2 Å². The van der Waals surface area contributed by atoms with Crippen molar-refractivity contribution >= 4 is 22.4 Å². The van der Waals surface area contributed by atoms with Gasteiger partial charge < -0.3 is 5.11 Å². The molecule has 1 aromatic rings. The number of anilines is 1. The highest BCUT2D eigenvalue weighted by Crippen LogP contribution is 2.25. The summed E-state index contributed by atoms with van der Waals surface area (Å²) in [6.45, 7) is 4.45. The second kappa shape index (κ2) is 6.34. The molecule has 5 nitrogen and oxygen atoms in total. The smallest absolute Gasteiger partial charge is 0.303 e. The second-order valence-corrected chi connectivity index (χ2v) is 6.04. The minimum absolute atomic E-state index is 0.139. The van der Waals surface area contributed by atoms with Gasteiger partial charge in [-0.05, 0) is 26.7 Å². The van der Waals surface area contributed by atoms with Gasteiger partial charge in [-0.15, -0.1) is 11.3 Å². The number of carboxylic acids is 1. The first-order valence-electron chi connectivity index (χ1n) is 6.77. The second-order valence-electron chi connectivity index (χ2n) is 5.19. The summed E-state index contributed by atoms with van der Waals surface area (Å²) < 4.78 is 0. The third kappa shape index (κ3) is 3.91. The quantitative estimate of drug-likeness (QED) is 0.870. The summed E-state index contributed by atoms with van der Waals surface area (Å²) in [5.74, 6) is -0.777. The van der Waals surface area contributed by atoms with Gasteiger partial charge in [0, 0.05) is 23.9 Å². The van der Waals surface area contributed by atoms with Crippen molar-refractivity contribution in [1.29, 1.82) is 0 Å². The first kappa shape index (κ1) is 14.3. The molecule has 1 aromatic heterocycles. The van der Waals surface area contributed by atoms with E-state index in [1.807, 2.05) is 5.38 Å². The molecule has 0 bridgehead atoms. The van der Waals surface area contributed by atoms with Gasteiger partial charge in [0.15, 0.2) is 5.13 Å². The Bertz CT molecular complexity index is 425. The summed E-state index contributed by atoms with van der Waals surface area (Å²) in [6, 6.07) is 1.02. The number of aryl methyl sites for hydroxylation is 1. The van der Waals surface area contributed by atoms with Crippen molar-refractivity contribution in [3.8, 4) is 0 Å². The number of rotatable bonds is 5. The van der Waals surface area contributed by atoms with Crippen LogP contribution >= 0.6 is 11.3 Å². The number of nitrogens with zero attached hydrogens (tertiary/aromatic N) is 2. The molecule has 2 rings (SSSR count). The van der Waals surface area contributed by atoms with E-state index in [1.54, 1.807) is 11.3 Å². The van der Waals surface area contributed by atoms with Crippen LogP contribution in [0.2, 0.25) is 0 Å².